The molecule has 0 saturated carbocycles. The number of carbonyl (C=O) groups is 2. The first-order valence-electron chi connectivity index (χ1n) is 12.9. The standard InChI is InChI=1S/C26H30ClN9O4/c1-39-16-7-5-15(6-8-16)25-31-19(40-35-25)3-2-4-20(38)36-11-9-26(10-12-36)14-30-18(34-26)13-17(37)21-23(28)33-24(29)22(27)32-21/h5-8,13,30,34H,2-4,9-12,14H2,1H3,(H4,28,29,33)/b18-13+. The average Bonchev–Trinajstić information content (AvgIpc) is 3.58. The van der Waals surface area contributed by atoms with Crippen molar-refractivity contribution in [1.82, 2.24) is 35.6 Å². The molecular weight excluding hydrogens is 538 g/mol. The Morgan fingerprint density at radius 3 is 2.62 bits per heavy atom. The summed E-state index contributed by atoms with van der Waals surface area (Å²) in [5.41, 5.74) is 11.9. The Morgan fingerprint density at radius 2 is 1.90 bits per heavy atom. The molecule has 3 aromatic rings. The van der Waals surface area contributed by atoms with Gasteiger partial charge < -0.3 is 36.3 Å². The first kappa shape index (κ1) is 27.2. The van der Waals surface area contributed by atoms with E-state index >= 15 is 0 Å². The maximum atomic E-state index is 12.8. The minimum absolute atomic E-state index is 0.0331. The summed E-state index contributed by atoms with van der Waals surface area (Å²) in [5.74, 6) is 1.86. The fourth-order valence-corrected chi connectivity index (χ4v) is 4.92. The van der Waals surface area contributed by atoms with Gasteiger partial charge in [0.05, 0.1) is 12.6 Å². The lowest BCUT2D eigenvalue weighted by atomic mass is 9.88. The maximum Gasteiger partial charge on any atom is 0.226 e. The fourth-order valence-electron chi connectivity index (χ4n) is 4.80. The summed E-state index contributed by atoms with van der Waals surface area (Å²) < 4.78 is 10.5. The molecule has 1 spiro atoms. The highest BCUT2D eigenvalue weighted by atomic mass is 35.5. The van der Waals surface area contributed by atoms with Crippen LogP contribution >= 0.6 is 11.6 Å². The summed E-state index contributed by atoms with van der Waals surface area (Å²) in [5, 5.41) is 10.6. The van der Waals surface area contributed by atoms with Crippen molar-refractivity contribution < 1.29 is 18.8 Å². The van der Waals surface area contributed by atoms with Crippen LogP contribution in [-0.2, 0) is 11.2 Å². The predicted molar refractivity (Wildman–Crippen MR) is 147 cm³/mol. The number of nitrogens with zero attached hydrogens (tertiary/aromatic N) is 5. The van der Waals surface area contributed by atoms with Crippen molar-refractivity contribution in [3.63, 3.8) is 0 Å². The van der Waals surface area contributed by atoms with Crippen LogP contribution in [0.15, 0.2) is 40.7 Å². The Morgan fingerprint density at radius 1 is 1.15 bits per heavy atom. The number of methoxy groups -OCH3 is 1. The number of piperidine rings is 1. The van der Waals surface area contributed by atoms with E-state index in [-0.39, 0.29) is 33.9 Å². The highest BCUT2D eigenvalue weighted by Crippen LogP contribution is 2.28. The van der Waals surface area contributed by atoms with E-state index in [4.69, 9.17) is 32.3 Å². The molecule has 2 saturated heterocycles. The number of nitrogens with two attached hydrogens (primary N) is 2. The van der Waals surface area contributed by atoms with Gasteiger partial charge >= 0.3 is 0 Å². The van der Waals surface area contributed by atoms with Gasteiger partial charge in [-0.2, -0.15) is 4.98 Å². The SMILES string of the molecule is COc1ccc(-c2noc(CCCC(=O)N3CCC4(CC3)CN/C(=C\C(=O)c3nc(Cl)c(N)nc3N)N4)n2)cc1. The molecule has 210 valence electrons. The number of amides is 1. The van der Waals surface area contributed by atoms with Crippen LogP contribution in [-0.4, -0.2) is 69.0 Å². The number of anilines is 2. The second-order valence-corrected chi connectivity index (χ2v) is 10.1. The topological polar surface area (TPSA) is 187 Å². The number of nitrogen functional groups attached to an aromatic ring is 2. The van der Waals surface area contributed by atoms with Gasteiger partial charge in [-0.25, -0.2) is 9.97 Å². The zero-order valence-corrected chi connectivity index (χ0v) is 22.7. The molecule has 0 atom stereocenters. The van der Waals surface area contributed by atoms with E-state index in [0.29, 0.717) is 56.4 Å². The lowest BCUT2D eigenvalue weighted by molar-refractivity contribution is -0.132. The van der Waals surface area contributed by atoms with Crippen molar-refractivity contribution in [2.24, 2.45) is 0 Å². The second kappa shape index (κ2) is 11.4. The summed E-state index contributed by atoms with van der Waals surface area (Å²) >= 11 is 5.89. The lowest BCUT2D eigenvalue weighted by Crippen LogP contribution is -2.53. The molecule has 2 aromatic heterocycles. The van der Waals surface area contributed by atoms with Gasteiger partial charge in [0.1, 0.15) is 11.6 Å². The number of allylic oxidation sites excluding steroid dienone is 1. The zero-order valence-electron chi connectivity index (χ0n) is 21.9. The van der Waals surface area contributed by atoms with Gasteiger partial charge in [-0.3, -0.25) is 9.59 Å². The van der Waals surface area contributed by atoms with E-state index in [9.17, 15) is 9.59 Å². The van der Waals surface area contributed by atoms with E-state index in [1.54, 1.807) is 7.11 Å². The van der Waals surface area contributed by atoms with E-state index < -0.39 is 5.78 Å². The maximum absolute atomic E-state index is 12.8. The summed E-state index contributed by atoms with van der Waals surface area (Å²) in [6, 6.07) is 7.41. The van der Waals surface area contributed by atoms with Crippen LogP contribution in [0, 0.1) is 0 Å². The first-order chi connectivity index (χ1) is 19.2. The van der Waals surface area contributed by atoms with Crippen molar-refractivity contribution in [2.45, 2.75) is 37.6 Å². The molecule has 2 aliphatic rings. The quantitative estimate of drug-likeness (QED) is 0.229. The van der Waals surface area contributed by atoms with Crippen molar-refractivity contribution in [2.75, 3.05) is 38.2 Å². The third kappa shape index (κ3) is 5.93. The summed E-state index contributed by atoms with van der Waals surface area (Å²) in [7, 11) is 1.61. The smallest absolute Gasteiger partial charge is 0.226 e. The molecule has 40 heavy (non-hydrogen) atoms. The number of aromatic nitrogens is 4. The molecule has 1 amide bonds. The number of carbonyl (C=O) groups excluding carboxylic acids is 2. The van der Waals surface area contributed by atoms with Crippen LogP contribution in [0.4, 0.5) is 11.6 Å². The molecule has 1 aromatic carbocycles. The number of hydrogen-bond donors (Lipinski definition) is 4. The van der Waals surface area contributed by atoms with Gasteiger partial charge in [0.2, 0.25) is 23.4 Å². The molecule has 0 bridgehead atoms. The van der Waals surface area contributed by atoms with Gasteiger partial charge in [0.15, 0.2) is 22.5 Å². The molecule has 6 N–H and O–H groups in total. The van der Waals surface area contributed by atoms with Crippen LogP contribution in [0.3, 0.4) is 0 Å². The Kier molecular flexibility index (Phi) is 7.74. The fraction of sp³-hybridized carbons (Fsp3) is 0.385. The number of halogens is 1. The van der Waals surface area contributed by atoms with Crippen LogP contribution < -0.4 is 26.8 Å². The molecule has 0 unspecified atom stereocenters. The summed E-state index contributed by atoms with van der Waals surface area (Å²) in [6.45, 7) is 1.86. The monoisotopic (exact) mass is 567 g/mol. The Bertz CT molecular complexity index is 1430. The van der Waals surface area contributed by atoms with Crippen molar-refractivity contribution in [1.29, 1.82) is 0 Å². The number of benzene rings is 1. The largest absolute Gasteiger partial charge is 0.497 e. The Hall–Kier alpha value is -4.39. The first-order valence-corrected chi connectivity index (χ1v) is 13.2. The second-order valence-electron chi connectivity index (χ2n) is 9.79. The van der Waals surface area contributed by atoms with Gasteiger partial charge in [-0.05, 0) is 43.5 Å². The number of hydrogen-bond acceptors (Lipinski definition) is 12. The number of rotatable bonds is 8. The van der Waals surface area contributed by atoms with E-state index in [0.717, 1.165) is 24.2 Å². The molecule has 0 radical (unpaired) electrons. The molecule has 14 heteroatoms. The van der Waals surface area contributed by atoms with Gasteiger partial charge in [-0.15, -0.1) is 0 Å². The molecule has 0 aliphatic carbocycles. The van der Waals surface area contributed by atoms with Crippen molar-refractivity contribution in [3.05, 3.63) is 52.9 Å². The number of aryl methyl sites for hydroxylation is 1. The van der Waals surface area contributed by atoms with Gasteiger partial charge in [0.25, 0.3) is 0 Å². The van der Waals surface area contributed by atoms with Crippen molar-refractivity contribution in [3.8, 4) is 17.1 Å². The molecule has 13 nitrogen and oxygen atoms in total. The normalized spacial score (nSPS) is 17.1. The Labute approximate surface area is 235 Å². The molecule has 2 fully saturated rings. The van der Waals surface area contributed by atoms with E-state index in [2.05, 4.69) is 30.7 Å². The minimum Gasteiger partial charge on any atom is -0.497 e. The van der Waals surface area contributed by atoms with Crippen LogP contribution in [0.25, 0.3) is 11.4 Å². The number of likely N-dealkylation sites (tertiary alicyclic amines) is 1. The number of ketones is 1. The molecular formula is C26H30ClN9O4. The highest BCUT2D eigenvalue weighted by Gasteiger charge is 2.40. The van der Waals surface area contributed by atoms with Crippen LogP contribution in [0.1, 0.15) is 42.1 Å². The number of nitrogens with one attached hydrogen (secondary N) is 2. The average molecular weight is 568 g/mol. The van der Waals surface area contributed by atoms with Crippen LogP contribution in [0.5, 0.6) is 5.75 Å². The molecule has 4 heterocycles. The minimum atomic E-state index is -0.441. The highest BCUT2D eigenvalue weighted by molar-refractivity contribution is 6.31. The lowest BCUT2D eigenvalue weighted by Gasteiger charge is -2.39. The van der Waals surface area contributed by atoms with E-state index in [1.807, 2.05) is 29.2 Å². The van der Waals surface area contributed by atoms with Gasteiger partial charge in [-0.1, -0.05) is 16.8 Å². The summed E-state index contributed by atoms with van der Waals surface area (Å²) in [6.07, 6.45) is 4.39. The summed E-state index contributed by atoms with van der Waals surface area (Å²) in [4.78, 5) is 39.6. The van der Waals surface area contributed by atoms with E-state index in [1.165, 1.54) is 6.08 Å². The zero-order chi connectivity index (χ0) is 28.3. The third-order valence-corrected chi connectivity index (χ3v) is 7.38. The Balaban J connectivity index is 1.08. The predicted octanol–water partition coefficient (Wildman–Crippen LogP) is 1.95. The molecule has 2 aliphatic heterocycles. The van der Waals surface area contributed by atoms with Crippen LogP contribution in [0.2, 0.25) is 5.15 Å². The molecule has 5 rings (SSSR count). The third-order valence-electron chi connectivity index (χ3n) is 7.10. The van der Waals surface area contributed by atoms with Gasteiger partial charge in [0, 0.05) is 44.1 Å². The van der Waals surface area contributed by atoms with Crippen molar-refractivity contribution >= 4 is 34.9 Å². The number of ether oxygens (including phenoxy) is 1.